The second-order valence-electron chi connectivity index (χ2n) is 6.02. The van der Waals surface area contributed by atoms with Crippen LogP contribution in [0.15, 0.2) is 51.7 Å². The van der Waals surface area contributed by atoms with Gasteiger partial charge in [0, 0.05) is 29.3 Å². The Hall–Kier alpha value is -3.19. The van der Waals surface area contributed by atoms with Crippen LogP contribution < -0.4 is 15.5 Å². The maximum absolute atomic E-state index is 12.5. The molecule has 27 heavy (non-hydrogen) atoms. The number of benzene rings is 2. The minimum atomic E-state index is -0.370. The summed E-state index contributed by atoms with van der Waals surface area (Å²) >= 11 is 6.35. The molecule has 4 rings (SSSR count). The van der Waals surface area contributed by atoms with Gasteiger partial charge in [-0.25, -0.2) is 4.79 Å². The van der Waals surface area contributed by atoms with Gasteiger partial charge in [-0.1, -0.05) is 41.9 Å². The van der Waals surface area contributed by atoms with Crippen molar-refractivity contribution < 1.29 is 9.15 Å². The van der Waals surface area contributed by atoms with Gasteiger partial charge in [0.2, 0.25) is 0 Å². The van der Waals surface area contributed by atoms with E-state index in [1.807, 2.05) is 37.3 Å². The molecule has 0 aliphatic heterocycles. The summed E-state index contributed by atoms with van der Waals surface area (Å²) in [6.45, 7) is 1.96. The van der Waals surface area contributed by atoms with Gasteiger partial charge in [0.25, 0.3) is 0 Å². The van der Waals surface area contributed by atoms with Crippen molar-refractivity contribution in [3.05, 3.63) is 80.4 Å². The zero-order chi connectivity index (χ0) is 18.8. The lowest BCUT2D eigenvalue weighted by atomic mass is 9.99. The van der Waals surface area contributed by atoms with Gasteiger partial charge < -0.3 is 14.3 Å². The maximum atomic E-state index is 12.5. The van der Waals surface area contributed by atoms with Crippen molar-refractivity contribution in [1.82, 2.24) is 20.6 Å². The largest absolute Gasteiger partial charge is 0.487 e. The van der Waals surface area contributed by atoms with Crippen LogP contribution in [0.4, 0.5) is 0 Å². The fourth-order valence-electron chi connectivity index (χ4n) is 2.87. The zero-order valence-corrected chi connectivity index (χ0v) is 15.1. The van der Waals surface area contributed by atoms with Gasteiger partial charge in [-0.3, -0.25) is 10.3 Å². The lowest BCUT2D eigenvalue weighted by Gasteiger charge is -2.12. The molecule has 2 heterocycles. The molecule has 7 nitrogen and oxygen atoms in total. The first-order valence-corrected chi connectivity index (χ1v) is 8.60. The number of halogens is 1. The third-order valence-corrected chi connectivity index (χ3v) is 4.58. The van der Waals surface area contributed by atoms with Crippen LogP contribution >= 0.6 is 11.6 Å². The maximum Gasteiger partial charge on any atom is 0.340 e. The molecule has 0 fully saturated rings. The Morgan fingerprint density at radius 1 is 1.22 bits per heavy atom. The number of fused-ring (bicyclic) bond motifs is 1. The van der Waals surface area contributed by atoms with Gasteiger partial charge in [0.1, 0.15) is 17.9 Å². The number of rotatable bonds is 5. The smallest absolute Gasteiger partial charge is 0.340 e. The molecule has 8 heteroatoms. The molecule has 0 radical (unpaired) electrons. The molecule has 0 unspecified atom stereocenters. The lowest BCUT2D eigenvalue weighted by molar-refractivity contribution is 0.295. The number of hydrogen-bond donors (Lipinski definition) is 0. The van der Waals surface area contributed by atoms with E-state index in [1.54, 1.807) is 12.1 Å². The number of tetrazole rings is 1. The molecule has 0 saturated heterocycles. The molecule has 0 N–H and O–H groups in total. The highest BCUT2D eigenvalue weighted by molar-refractivity contribution is 6.32. The van der Waals surface area contributed by atoms with Crippen LogP contribution in [0, 0.1) is 6.92 Å². The first-order chi connectivity index (χ1) is 13.1. The van der Waals surface area contributed by atoms with E-state index < -0.39 is 0 Å². The van der Waals surface area contributed by atoms with Crippen molar-refractivity contribution >= 4 is 22.6 Å². The summed E-state index contributed by atoms with van der Waals surface area (Å²) in [4.78, 5) is 12.5. The van der Waals surface area contributed by atoms with E-state index in [2.05, 4.69) is 20.6 Å². The van der Waals surface area contributed by atoms with E-state index >= 15 is 0 Å². The molecule has 4 aromatic rings. The Labute approximate surface area is 158 Å². The molecule has 0 amide bonds. The number of aryl methyl sites for hydroxylation is 1. The number of aromatic nitrogens is 4. The second kappa shape index (κ2) is 7.20. The first kappa shape index (κ1) is 17.2. The topological polar surface area (TPSA) is 92.2 Å². The number of nitrogens with zero attached hydrogens (tertiary/aromatic N) is 4. The normalized spacial score (nSPS) is 11.0. The average molecular weight is 382 g/mol. The number of hydrogen-bond acceptors (Lipinski definition) is 6. The highest BCUT2D eigenvalue weighted by Gasteiger charge is 2.15. The Kier molecular flexibility index (Phi) is 4.60. The van der Waals surface area contributed by atoms with Crippen molar-refractivity contribution in [3.8, 4) is 5.75 Å². The molecular formula is C19H14ClN4O3-. The molecule has 136 valence electrons. The molecule has 0 bridgehead atoms. The zero-order valence-electron chi connectivity index (χ0n) is 14.3. The minimum absolute atomic E-state index is 0.0630. The summed E-state index contributed by atoms with van der Waals surface area (Å²) in [5.74, 6) is 0.703. The summed E-state index contributed by atoms with van der Waals surface area (Å²) in [6.07, 6.45) is 0.495. The minimum Gasteiger partial charge on any atom is -0.487 e. The van der Waals surface area contributed by atoms with Crippen molar-refractivity contribution in [2.75, 3.05) is 0 Å². The van der Waals surface area contributed by atoms with Crippen molar-refractivity contribution in [1.29, 1.82) is 0 Å². The van der Waals surface area contributed by atoms with Crippen LogP contribution in [0.25, 0.3) is 11.0 Å². The van der Waals surface area contributed by atoms with Crippen molar-refractivity contribution in [2.45, 2.75) is 20.0 Å². The summed E-state index contributed by atoms with van der Waals surface area (Å²) in [5.41, 5.74) is 2.53. The van der Waals surface area contributed by atoms with Crippen LogP contribution in [0.5, 0.6) is 5.75 Å². The van der Waals surface area contributed by atoms with Crippen LogP contribution in [0.3, 0.4) is 0 Å². The molecule has 0 atom stereocenters. The van der Waals surface area contributed by atoms with E-state index in [4.69, 9.17) is 20.8 Å². The average Bonchev–Trinajstić information content (AvgIpc) is 3.19. The summed E-state index contributed by atoms with van der Waals surface area (Å²) in [7, 11) is 0. The van der Waals surface area contributed by atoms with Crippen LogP contribution in [0.2, 0.25) is 5.02 Å². The van der Waals surface area contributed by atoms with Crippen molar-refractivity contribution in [3.63, 3.8) is 0 Å². The molecule has 0 aliphatic carbocycles. The van der Waals surface area contributed by atoms with Gasteiger partial charge in [-0.15, -0.1) is 0 Å². The van der Waals surface area contributed by atoms with Crippen molar-refractivity contribution in [2.24, 2.45) is 0 Å². The highest BCUT2D eigenvalue weighted by Crippen LogP contribution is 2.32. The fraction of sp³-hybridized carbons (Fsp3) is 0.158. The predicted octanol–water partition coefficient (Wildman–Crippen LogP) is 3.07. The Morgan fingerprint density at radius 3 is 2.78 bits per heavy atom. The Bertz CT molecular complexity index is 1140. The predicted molar refractivity (Wildman–Crippen MR) is 99.0 cm³/mol. The molecule has 0 aliphatic rings. The second-order valence-corrected chi connectivity index (χ2v) is 6.43. The van der Waals surface area contributed by atoms with E-state index in [1.165, 1.54) is 0 Å². The SMILES string of the molecule is Cc1c(Cc2ccccc2)c(=O)oc2cc(OCc3nnn[n-]3)c(Cl)cc12. The summed E-state index contributed by atoms with van der Waals surface area (Å²) in [5, 5.41) is 15.3. The molecular weight excluding hydrogens is 368 g/mol. The highest BCUT2D eigenvalue weighted by atomic mass is 35.5. The van der Waals surface area contributed by atoms with E-state index in [0.29, 0.717) is 34.2 Å². The van der Waals surface area contributed by atoms with E-state index in [9.17, 15) is 4.79 Å². The lowest BCUT2D eigenvalue weighted by Crippen LogP contribution is -2.11. The summed E-state index contributed by atoms with van der Waals surface area (Å²) in [6, 6.07) is 13.1. The van der Waals surface area contributed by atoms with Gasteiger partial charge >= 0.3 is 5.63 Å². The number of ether oxygens (including phenoxy) is 1. The third kappa shape index (κ3) is 3.54. The van der Waals surface area contributed by atoms with E-state index in [-0.39, 0.29) is 12.2 Å². The molecule has 2 aromatic carbocycles. The summed E-state index contributed by atoms with van der Waals surface area (Å²) < 4.78 is 11.1. The molecule has 0 saturated carbocycles. The quantitative estimate of drug-likeness (QED) is 0.490. The van der Waals surface area contributed by atoms with Gasteiger partial charge in [0.15, 0.2) is 0 Å². The van der Waals surface area contributed by atoms with Gasteiger partial charge in [0.05, 0.1) is 5.02 Å². The van der Waals surface area contributed by atoms with E-state index in [0.717, 1.165) is 16.5 Å². The van der Waals surface area contributed by atoms with Gasteiger partial charge in [-0.2, -0.15) is 5.21 Å². The fourth-order valence-corrected chi connectivity index (χ4v) is 3.09. The molecule has 0 spiro atoms. The van der Waals surface area contributed by atoms with Crippen LogP contribution in [0.1, 0.15) is 22.5 Å². The van der Waals surface area contributed by atoms with Crippen LogP contribution in [-0.2, 0) is 13.0 Å². The third-order valence-electron chi connectivity index (χ3n) is 4.28. The Morgan fingerprint density at radius 2 is 2.04 bits per heavy atom. The van der Waals surface area contributed by atoms with Gasteiger partial charge in [-0.05, 0) is 24.1 Å². The van der Waals surface area contributed by atoms with Crippen LogP contribution in [-0.4, -0.2) is 15.5 Å². The monoisotopic (exact) mass is 381 g/mol. The standard InChI is InChI=1S/C19H14ClN4O3/c1-11-13-8-15(20)17(26-10-18-21-23-24-22-18)9-16(13)27-19(25)14(11)7-12-5-3-2-4-6-12/h2-6,8-9H,7,10H2,1H3/q-1. The molecule has 2 aromatic heterocycles. The first-order valence-electron chi connectivity index (χ1n) is 8.22. The Balaban J connectivity index is 1.70.